The molecular weight excluding hydrogens is 207 g/mol. The maximum Gasteiger partial charge on any atom is 0.489 e. The SMILES string of the molecule is OB(O)c1c(CS)ccc2ccccc12. The molecule has 0 saturated carbocycles. The second-order valence-electron chi connectivity index (χ2n) is 3.39. The summed E-state index contributed by atoms with van der Waals surface area (Å²) < 4.78 is 0. The largest absolute Gasteiger partial charge is 0.489 e. The van der Waals surface area contributed by atoms with Crippen LogP contribution in [0.1, 0.15) is 5.56 Å². The van der Waals surface area contributed by atoms with Crippen molar-refractivity contribution in [2.24, 2.45) is 0 Å². The summed E-state index contributed by atoms with van der Waals surface area (Å²) in [6, 6.07) is 11.5. The first-order valence-electron chi connectivity index (χ1n) is 4.71. The Balaban J connectivity index is 2.79. The summed E-state index contributed by atoms with van der Waals surface area (Å²) in [5.74, 6) is 0.498. The summed E-state index contributed by atoms with van der Waals surface area (Å²) >= 11 is 4.18. The fraction of sp³-hybridized carbons (Fsp3) is 0.0909. The molecule has 15 heavy (non-hydrogen) atoms. The Hall–Kier alpha value is -0.965. The van der Waals surface area contributed by atoms with Gasteiger partial charge in [-0.1, -0.05) is 36.4 Å². The molecule has 2 nitrogen and oxygen atoms in total. The van der Waals surface area contributed by atoms with Gasteiger partial charge in [0.05, 0.1) is 0 Å². The molecule has 0 aromatic heterocycles. The predicted octanol–water partition coefficient (Wildman–Crippen LogP) is 0.949. The zero-order valence-electron chi connectivity index (χ0n) is 8.09. The zero-order valence-corrected chi connectivity index (χ0v) is 8.98. The Morgan fingerprint density at radius 3 is 2.47 bits per heavy atom. The van der Waals surface area contributed by atoms with E-state index in [1.807, 2.05) is 36.4 Å². The normalized spacial score (nSPS) is 10.6. The number of benzene rings is 2. The van der Waals surface area contributed by atoms with Crippen LogP contribution < -0.4 is 5.46 Å². The Labute approximate surface area is 94.1 Å². The topological polar surface area (TPSA) is 40.5 Å². The van der Waals surface area contributed by atoms with Crippen LogP contribution in [-0.4, -0.2) is 17.2 Å². The number of rotatable bonds is 2. The van der Waals surface area contributed by atoms with E-state index in [4.69, 9.17) is 0 Å². The molecule has 0 heterocycles. The van der Waals surface area contributed by atoms with Gasteiger partial charge in [0.15, 0.2) is 0 Å². The van der Waals surface area contributed by atoms with Gasteiger partial charge in [0.1, 0.15) is 0 Å². The van der Waals surface area contributed by atoms with E-state index >= 15 is 0 Å². The van der Waals surface area contributed by atoms with Crippen LogP contribution in [0.4, 0.5) is 0 Å². The van der Waals surface area contributed by atoms with Gasteiger partial charge in [0.25, 0.3) is 0 Å². The monoisotopic (exact) mass is 218 g/mol. The van der Waals surface area contributed by atoms with E-state index in [0.717, 1.165) is 16.3 Å². The molecule has 0 amide bonds. The summed E-state index contributed by atoms with van der Waals surface area (Å²) in [7, 11) is -1.45. The number of hydrogen-bond donors (Lipinski definition) is 3. The van der Waals surface area contributed by atoms with Crippen LogP contribution >= 0.6 is 12.6 Å². The Kier molecular flexibility index (Phi) is 3.00. The predicted molar refractivity (Wildman–Crippen MR) is 66.5 cm³/mol. The molecule has 0 unspecified atom stereocenters. The standard InChI is InChI=1S/C11H11BO2S/c13-12(14)11-9(7-15)6-5-8-3-1-2-4-10(8)11/h1-6,13-15H,7H2. The van der Waals surface area contributed by atoms with Crippen LogP contribution in [0.25, 0.3) is 10.8 Å². The van der Waals surface area contributed by atoms with Crippen molar-refractivity contribution in [3.05, 3.63) is 42.0 Å². The molecule has 0 fully saturated rings. The lowest BCUT2D eigenvalue weighted by Crippen LogP contribution is -2.33. The average molecular weight is 218 g/mol. The molecule has 0 aliphatic rings. The molecule has 0 spiro atoms. The third-order valence-electron chi connectivity index (χ3n) is 2.49. The summed E-state index contributed by atoms with van der Waals surface area (Å²) in [5, 5.41) is 20.6. The smallest absolute Gasteiger partial charge is 0.423 e. The van der Waals surface area contributed by atoms with Crippen molar-refractivity contribution in [1.82, 2.24) is 0 Å². The zero-order chi connectivity index (χ0) is 10.8. The first-order valence-corrected chi connectivity index (χ1v) is 5.35. The molecule has 2 aromatic carbocycles. The van der Waals surface area contributed by atoms with Gasteiger partial charge in [0.2, 0.25) is 0 Å². The lowest BCUT2D eigenvalue weighted by atomic mass is 9.74. The fourth-order valence-corrected chi connectivity index (χ4v) is 2.06. The van der Waals surface area contributed by atoms with E-state index < -0.39 is 7.12 Å². The number of thiol groups is 1. The van der Waals surface area contributed by atoms with Crippen molar-refractivity contribution in [3.63, 3.8) is 0 Å². The Morgan fingerprint density at radius 1 is 1.07 bits per heavy atom. The van der Waals surface area contributed by atoms with Crippen LogP contribution in [0.2, 0.25) is 0 Å². The van der Waals surface area contributed by atoms with E-state index in [-0.39, 0.29) is 0 Å². The minimum Gasteiger partial charge on any atom is -0.423 e. The Morgan fingerprint density at radius 2 is 1.80 bits per heavy atom. The van der Waals surface area contributed by atoms with Gasteiger partial charge in [-0.15, -0.1) is 0 Å². The van der Waals surface area contributed by atoms with E-state index in [9.17, 15) is 10.0 Å². The minimum atomic E-state index is -1.45. The van der Waals surface area contributed by atoms with Crippen LogP contribution in [0.3, 0.4) is 0 Å². The van der Waals surface area contributed by atoms with E-state index in [1.165, 1.54) is 0 Å². The molecular formula is C11H11BO2S. The molecule has 0 aliphatic heterocycles. The first kappa shape index (κ1) is 10.5. The number of hydrogen-bond acceptors (Lipinski definition) is 3. The summed E-state index contributed by atoms with van der Waals surface area (Å²) in [4.78, 5) is 0. The highest BCUT2D eigenvalue weighted by molar-refractivity contribution is 7.79. The molecule has 0 atom stereocenters. The first-order chi connectivity index (χ1) is 7.24. The molecule has 0 aliphatic carbocycles. The summed E-state index contributed by atoms with van der Waals surface area (Å²) in [6.07, 6.45) is 0. The third-order valence-corrected chi connectivity index (χ3v) is 2.83. The summed E-state index contributed by atoms with van der Waals surface area (Å²) in [5.41, 5.74) is 1.41. The van der Waals surface area contributed by atoms with Gasteiger partial charge < -0.3 is 10.0 Å². The molecule has 0 bridgehead atoms. The van der Waals surface area contributed by atoms with Crippen molar-refractivity contribution in [3.8, 4) is 0 Å². The Bertz CT molecular complexity index is 485. The van der Waals surface area contributed by atoms with Crippen LogP contribution in [0, 0.1) is 0 Å². The lowest BCUT2D eigenvalue weighted by molar-refractivity contribution is 0.426. The van der Waals surface area contributed by atoms with E-state index in [0.29, 0.717) is 11.2 Å². The average Bonchev–Trinajstić information content (AvgIpc) is 2.27. The lowest BCUT2D eigenvalue weighted by Gasteiger charge is -2.10. The highest BCUT2D eigenvalue weighted by Crippen LogP contribution is 2.15. The third kappa shape index (κ3) is 1.88. The second kappa shape index (κ2) is 4.27. The van der Waals surface area contributed by atoms with Crippen molar-refractivity contribution in [1.29, 1.82) is 0 Å². The maximum absolute atomic E-state index is 9.36. The van der Waals surface area contributed by atoms with Gasteiger partial charge in [0, 0.05) is 5.75 Å². The highest BCUT2D eigenvalue weighted by atomic mass is 32.1. The van der Waals surface area contributed by atoms with Crippen molar-refractivity contribution in [2.45, 2.75) is 5.75 Å². The molecule has 76 valence electrons. The molecule has 2 N–H and O–H groups in total. The van der Waals surface area contributed by atoms with Gasteiger partial charge in [-0.25, -0.2) is 0 Å². The number of fused-ring (bicyclic) bond motifs is 1. The molecule has 4 heteroatoms. The van der Waals surface area contributed by atoms with Crippen molar-refractivity contribution < 1.29 is 10.0 Å². The van der Waals surface area contributed by atoms with Crippen molar-refractivity contribution in [2.75, 3.05) is 0 Å². The van der Waals surface area contributed by atoms with E-state index in [2.05, 4.69) is 12.6 Å². The van der Waals surface area contributed by atoms with Gasteiger partial charge in [-0.2, -0.15) is 12.6 Å². The highest BCUT2D eigenvalue weighted by Gasteiger charge is 2.18. The molecule has 2 aromatic rings. The minimum absolute atomic E-state index is 0.498. The molecule has 2 rings (SSSR count). The fourth-order valence-electron chi connectivity index (χ4n) is 1.78. The van der Waals surface area contributed by atoms with Crippen LogP contribution in [0.15, 0.2) is 36.4 Å². The van der Waals surface area contributed by atoms with Gasteiger partial charge in [-0.05, 0) is 21.8 Å². The second-order valence-corrected chi connectivity index (χ2v) is 3.71. The van der Waals surface area contributed by atoms with Gasteiger partial charge in [-0.3, -0.25) is 0 Å². The van der Waals surface area contributed by atoms with E-state index in [1.54, 1.807) is 0 Å². The quantitative estimate of drug-likeness (QED) is 0.518. The maximum atomic E-state index is 9.36. The molecule has 0 saturated heterocycles. The van der Waals surface area contributed by atoms with Gasteiger partial charge >= 0.3 is 7.12 Å². The van der Waals surface area contributed by atoms with Crippen LogP contribution in [-0.2, 0) is 5.75 Å². The van der Waals surface area contributed by atoms with Crippen molar-refractivity contribution >= 4 is 36.0 Å². The molecule has 0 radical (unpaired) electrons. The summed E-state index contributed by atoms with van der Waals surface area (Å²) in [6.45, 7) is 0. The van der Waals surface area contributed by atoms with Crippen LogP contribution in [0.5, 0.6) is 0 Å².